The van der Waals surface area contributed by atoms with Gasteiger partial charge in [0.1, 0.15) is 0 Å². The first kappa shape index (κ1) is 13.9. The topological polar surface area (TPSA) is 41.5 Å². The summed E-state index contributed by atoms with van der Waals surface area (Å²) in [5.74, 6) is 0.813. The van der Waals surface area contributed by atoms with Gasteiger partial charge in [-0.15, -0.1) is 0 Å². The first-order valence-corrected chi connectivity index (χ1v) is 6.55. The van der Waals surface area contributed by atoms with Crippen LogP contribution in [0.25, 0.3) is 0 Å². The number of aliphatic hydroxyl groups excluding tert-OH is 1. The van der Waals surface area contributed by atoms with Crippen molar-refractivity contribution in [3.8, 4) is 0 Å². The van der Waals surface area contributed by atoms with Crippen LogP contribution in [0.4, 0.5) is 0 Å². The van der Waals surface area contributed by atoms with E-state index in [0.717, 1.165) is 31.9 Å². The quantitative estimate of drug-likeness (QED) is 0.684. The van der Waals surface area contributed by atoms with Crippen LogP contribution in [0.3, 0.4) is 0 Å². The summed E-state index contributed by atoms with van der Waals surface area (Å²) in [6.45, 7) is 8.21. The third-order valence-electron chi connectivity index (χ3n) is 3.59. The van der Waals surface area contributed by atoms with E-state index in [-0.39, 0.29) is 12.1 Å². The van der Waals surface area contributed by atoms with Gasteiger partial charge in [-0.3, -0.25) is 0 Å². The average molecular weight is 229 g/mol. The molecule has 0 atom stereocenters. The Hall–Kier alpha value is -0.120. The fourth-order valence-corrected chi connectivity index (χ4v) is 2.32. The van der Waals surface area contributed by atoms with E-state index in [0.29, 0.717) is 6.10 Å². The number of nitrogens with one attached hydrogen (secondary N) is 1. The van der Waals surface area contributed by atoms with Crippen LogP contribution in [-0.2, 0) is 4.74 Å². The number of hydrogen-bond donors (Lipinski definition) is 2. The monoisotopic (exact) mass is 229 g/mol. The number of ether oxygens (including phenoxy) is 1. The second kappa shape index (κ2) is 6.58. The Balaban J connectivity index is 2.25. The zero-order chi connectivity index (χ0) is 12.0. The largest absolute Gasteiger partial charge is 0.394 e. The minimum absolute atomic E-state index is 0.0349. The molecule has 3 nitrogen and oxygen atoms in total. The van der Waals surface area contributed by atoms with Crippen molar-refractivity contribution in [2.24, 2.45) is 5.92 Å². The fourth-order valence-electron chi connectivity index (χ4n) is 2.32. The van der Waals surface area contributed by atoms with Gasteiger partial charge >= 0.3 is 0 Å². The van der Waals surface area contributed by atoms with Crippen molar-refractivity contribution in [1.29, 1.82) is 0 Å². The second-order valence-electron chi connectivity index (χ2n) is 5.47. The predicted molar refractivity (Wildman–Crippen MR) is 66.5 cm³/mol. The maximum Gasteiger partial charge on any atom is 0.0613 e. The molecule has 0 unspecified atom stereocenters. The van der Waals surface area contributed by atoms with Crippen molar-refractivity contribution in [2.75, 3.05) is 19.8 Å². The molecule has 0 saturated heterocycles. The molecule has 0 aromatic heterocycles. The molecule has 0 spiro atoms. The lowest BCUT2D eigenvalue weighted by Crippen LogP contribution is -2.51. The van der Waals surface area contributed by atoms with Crippen LogP contribution in [0.5, 0.6) is 0 Å². The van der Waals surface area contributed by atoms with E-state index < -0.39 is 0 Å². The van der Waals surface area contributed by atoms with E-state index in [1.807, 2.05) is 13.8 Å². The van der Waals surface area contributed by atoms with Crippen LogP contribution in [0, 0.1) is 5.92 Å². The Morgan fingerprint density at radius 2 is 2.00 bits per heavy atom. The van der Waals surface area contributed by atoms with Gasteiger partial charge in [0.05, 0.1) is 19.3 Å². The van der Waals surface area contributed by atoms with E-state index in [9.17, 15) is 5.11 Å². The highest BCUT2D eigenvalue weighted by atomic mass is 16.5. The lowest BCUT2D eigenvalue weighted by molar-refractivity contribution is 0.0591. The molecule has 0 radical (unpaired) electrons. The van der Waals surface area contributed by atoms with Crippen LogP contribution in [0.2, 0.25) is 0 Å². The smallest absolute Gasteiger partial charge is 0.0613 e. The molecule has 3 heteroatoms. The third-order valence-corrected chi connectivity index (χ3v) is 3.59. The first-order chi connectivity index (χ1) is 7.58. The highest BCUT2D eigenvalue weighted by Gasteiger charge is 2.32. The second-order valence-corrected chi connectivity index (χ2v) is 5.47. The van der Waals surface area contributed by atoms with Gasteiger partial charge in [0, 0.05) is 12.1 Å². The van der Waals surface area contributed by atoms with Gasteiger partial charge in [-0.25, -0.2) is 0 Å². The molecular formula is C13H27NO2. The van der Waals surface area contributed by atoms with Crippen molar-refractivity contribution in [1.82, 2.24) is 5.32 Å². The van der Waals surface area contributed by atoms with Gasteiger partial charge in [0.2, 0.25) is 0 Å². The summed E-state index contributed by atoms with van der Waals surface area (Å²) in [7, 11) is 0. The molecule has 0 amide bonds. The Morgan fingerprint density at radius 3 is 2.50 bits per heavy atom. The van der Waals surface area contributed by atoms with E-state index in [1.165, 1.54) is 12.8 Å². The van der Waals surface area contributed by atoms with Crippen LogP contribution in [0.15, 0.2) is 0 Å². The minimum atomic E-state index is -0.0349. The molecule has 2 N–H and O–H groups in total. The Bertz CT molecular complexity index is 186. The van der Waals surface area contributed by atoms with Crippen LogP contribution < -0.4 is 5.32 Å². The summed E-state index contributed by atoms with van der Waals surface area (Å²) < 4.78 is 5.50. The lowest BCUT2D eigenvalue weighted by Gasteiger charge is -2.39. The molecule has 1 fully saturated rings. The molecule has 0 aromatic rings. The molecule has 1 aliphatic rings. The standard InChI is InChI=1S/C13H27NO2/c1-11(2)16-9-8-14-13(10-15)6-4-12(3)5-7-13/h11-12,14-15H,4-10H2,1-3H3. The first-order valence-electron chi connectivity index (χ1n) is 6.55. The Labute approximate surface area is 99.6 Å². The van der Waals surface area contributed by atoms with Crippen molar-refractivity contribution in [3.63, 3.8) is 0 Å². The molecule has 1 aliphatic carbocycles. The van der Waals surface area contributed by atoms with Gasteiger partial charge in [-0.05, 0) is 45.4 Å². The Kier molecular flexibility index (Phi) is 5.73. The summed E-state index contributed by atoms with van der Waals surface area (Å²) >= 11 is 0. The maximum atomic E-state index is 9.53. The lowest BCUT2D eigenvalue weighted by atomic mass is 9.77. The normalized spacial score (nSPS) is 30.9. The molecule has 1 rings (SSSR count). The number of hydrogen-bond acceptors (Lipinski definition) is 3. The van der Waals surface area contributed by atoms with Crippen molar-refractivity contribution in [3.05, 3.63) is 0 Å². The molecular weight excluding hydrogens is 202 g/mol. The third kappa shape index (κ3) is 4.40. The zero-order valence-corrected chi connectivity index (χ0v) is 11.0. The molecule has 1 saturated carbocycles. The van der Waals surface area contributed by atoms with E-state index in [4.69, 9.17) is 4.74 Å². The Morgan fingerprint density at radius 1 is 1.38 bits per heavy atom. The highest BCUT2D eigenvalue weighted by Crippen LogP contribution is 2.31. The summed E-state index contributed by atoms with van der Waals surface area (Å²) in [4.78, 5) is 0. The molecule has 0 bridgehead atoms. The van der Waals surface area contributed by atoms with Crippen molar-refractivity contribution in [2.45, 2.75) is 58.1 Å². The average Bonchev–Trinajstić information content (AvgIpc) is 2.27. The van der Waals surface area contributed by atoms with E-state index in [1.54, 1.807) is 0 Å². The number of aliphatic hydroxyl groups is 1. The molecule has 0 aromatic carbocycles. The minimum Gasteiger partial charge on any atom is -0.394 e. The van der Waals surface area contributed by atoms with Gasteiger partial charge in [-0.2, -0.15) is 0 Å². The molecule has 16 heavy (non-hydrogen) atoms. The van der Waals surface area contributed by atoms with E-state index in [2.05, 4.69) is 12.2 Å². The van der Waals surface area contributed by atoms with Crippen LogP contribution in [-0.4, -0.2) is 36.5 Å². The van der Waals surface area contributed by atoms with Crippen LogP contribution in [0.1, 0.15) is 46.5 Å². The maximum absolute atomic E-state index is 9.53. The SMILES string of the molecule is CC1CCC(CO)(NCCOC(C)C)CC1. The van der Waals surface area contributed by atoms with Gasteiger partial charge in [-0.1, -0.05) is 6.92 Å². The summed E-state index contributed by atoms with van der Waals surface area (Å²) in [5, 5.41) is 13.0. The predicted octanol–water partition coefficient (Wildman–Crippen LogP) is 1.94. The van der Waals surface area contributed by atoms with Crippen molar-refractivity contribution >= 4 is 0 Å². The molecule has 0 heterocycles. The molecule has 0 aliphatic heterocycles. The van der Waals surface area contributed by atoms with Crippen LogP contribution >= 0.6 is 0 Å². The van der Waals surface area contributed by atoms with Gasteiger partial charge in [0.15, 0.2) is 0 Å². The number of rotatable bonds is 6. The van der Waals surface area contributed by atoms with Gasteiger partial charge in [0.25, 0.3) is 0 Å². The summed E-state index contributed by atoms with van der Waals surface area (Å²) in [6, 6.07) is 0. The van der Waals surface area contributed by atoms with Crippen molar-refractivity contribution < 1.29 is 9.84 Å². The highest BCUT2D eigenvalue weighted by molar-refractivity contribution is 4.91. The van der Waals surface area contributed by atoms with Gasteiger partial charge < -0.3 is 15.2 Å². The fraction of sp³-hybridized carbons (Fsp3) is 1.00. The van der Waals surface area contributed by atoms with E-state index >= 15 is 0 Å². The summed E-state index contributed by atoms with van der Waals surface area (Å²) in [6.07, 6.45) is 4.91. The zero-order valence-electron chi connectivity index (χ0n) is 11.0. The molecule has 96 valence electrons. The summed E-state index contributed by atoms with van der Waals surface area (Å²) in [5.41, 5.74) is -0.0349.